The molecule has 3 aliphatic rings. The van der Waals surface area contributed by atoms with Crippen LogP contribution in [0.2, 0.25) is 0 Å². The summed E-state index contributed by atoms with van der Waals surface area (Å²) in [4.78, 5) is 37.4. The van der Waals surface area contributed by atoms with Gasteiger partial charge >= 0.3 is 19.8 Å². The predicted octanol–water partition coefficient (Wildman–Crippen LogP) is 3.54. The maximum Gasteiger partial charge on any atom is 0.472 e. The van der Waals surface area contributed by atoms with E-state index in [9.17, 15) is 75.2 Å². The number of hydrogen-bond donors (Lipinski definition) is 12. The smallest absolute Gasteiger partial charge is 0.462 e. The Morgan fingerprint density at radius 2 is 0.846 bits per heavy atom. The highest BCUT2D eigenvalue weighted by molar-refractivity contribution is 7.47. The Bertz CT molecular complexity index is 1610. The van der Waals surface area contributed by atoms with Gasteiger partial charge in [0.05, 0.1) is 19.8 Å². The number of phosphoric acid groups is 1. The molecule has 0 aromatic carbocycles. The summed E-state index contributed by atoms with van der Waals surface area (Å²) in [5.41, 5.74) is 0. The van der Waals surface area contributed by atoms with Crippen molar-refractivity contribution >= 4 is 19.8 Å². The van der Waals surface area contributed by atoms with Gasteiger partial charge in [-0.1, -0.05) is 148 Å². The van der Waals surface area contributed by atoms with Crippen LogP contribution in [0.3, 0.4) is 0 Å². The van der Waals surface area contributed by atoms with Crippen molar-refractivity contribution in [3.05, 3.63) is 12.2 Å². The molecule has 3 fully saturated rings. The minimum Gasteiger partial charge on any atom is -0.462 e. The lowest BCUT2D eigenvalue weighted by Crippen LogP contribution is -2.69. The van der Waals surface area contributed by atoms with Crippen molar-refractivity contribution in [3.63, 3.8) is 0 Å². The van der Waals surface area contributed by atoms with Gasteiger partial charge in [0.1, 0.15) is 92.1 Å². The van der Waals surface area contributed by atoms with Gasteiger partial charge in [-0.15, -0.1) is 0 Å². The summed E-state index contributed by atoms with van der Waals surface area (Å²) in [5, 5.41) is 116. The molecule has 0 radical (unpaired) electrons. The first kappa shape index (κ1) is 70.5. The number of hydrogen-bond acceptors (Lipinski definition) is 22. The Balaban J connectivity index is 1.72. The van der Waals surface area contributed by atoms with Crippen molar-refractivity contribution in [1.29, 1.82) is 0 Å². The third-order valence-electron chi connectivity index (χ3n) is 14.6. The fraction of sp³-hybridized carbons (Fsp3) is 0.926. The molecule has 16 unspecified atom stereocenters. The van der Waals surface area contributed by atoms with Crippen molar-refractivity contribution in [2.24, 2.45) is 0 Å². The van der Waals surface area contributed by atoms with Gasteiger partial charge in [-0.2, -0.15) is 0 Å². The second kappa shape index (κ2) is 39.6. The number of ether oxygens (including phenoxy) is 6. The van der Waals surface area contributed by atoms with Gasteiger partial charge in [0, 0.05) is 12.8 Å². The zero-order valence-corrected chi connectivity index (χ0v) is 47.1. The number of aliphatic hydroxyl groups is 11. The average molecular weight is 1150 g/mol. The average Bonchev–Trinajstić information content (AvgIpc) is 3.49. The molecule has 458 valence electrons. The molecule has 0 bridgehead atoms. The van der Waals surface area contributed by atoms with Crippen molar-refractivity contribution in [2.45, 2.75) is 291 Å². The number of aliphatic hydroxyl groups excluding tert-OH is 11. The molecule has 0 spiro atoms. The summed E-state index contributed by atoms with van der Waals surface area (Å²) in [7, 11) is -5.63. The molecular formula is C54H99O23P. The lowest BCUT2D eigenvalue weighted by atomic mass is 9.84. The largest absolute Gasteiger partial charge is 0.472 e. The molecule has 3 rings (SSSR count). The summed E-state index contributed by atoms with van der Waals surface area (Å²) >= 11 is 0. The standard InChI is InChI=1S/C54H99O23P/c1-3-5-7-9-11-13-15-17-18-19-21-23-25-27-29-31-40(58)72-36(34-70-39(57)30-28-26-24-22-20-16-14-12-10-8-6-4-2)35-71-78(68,69)77-52-50(75-53-48(66)43(61)41(59)37(32-55)73-53)46(64)45(63)47(65)51(52)76-54-49(67)44(62)42(60)38(33-56)74-54/h13,15,36-38,41-56,59-67H,3-12,14,16-35H2,1-2H3,(H,68,69)/b15-13-. The van der Waals surface area contributed by atoms with Gasteiger partial charge < -0.3 is 89.5 Å². The molecular weight excluding hydrogens is 1050 g/mol. The maximum absolute atomic E-state index is 14.0. The summed E-state index contributed by atoms with van der Waals surface area (Å²) in [6.07, 6.45) is -3.70. The van der Waals surface area contributed by atoms with Crippen LogP contribution in [0.4, 0.5) is 0 Å². The number of esters is 2. The van der Waals surface area contributed by atoms with E-state index < -0.39 is 150 Å². The zero-order valence-electron chi connectivity index (χ0n) is 46.2. The van der Waals surface area contributed by atoms with Crippen LogP contribution in [-0.2, 0) is 51.6 Å². The van der Waals surface area contributed by atoms with E-state index in [2.05, 4.69) is 26.0 Å². The Hall–Kier alpha value is -1.81. The topological polar surface area (TPSA) is 368 Å². The molecule has 0 amide bonds. The highest BCUT2D eigenvalue weighted by Crippen LogP contribution is 2.49. The molecule has 16 atom stereocenters. The van der Waals surface area contributed by atoms with Crippen molar-refractivity contribution in [3.8, 4) is 0 Å². The lowest BCUT2D eigenvalue weighted by Gasteiger charge is -2.49. The SMILES string of the molecule is CCCCCC/C=C\CCCCCCCCCC(=O)OC(COC(=O)CCCCCCCCCCCCCC)COP(=O)(O)OC1C(OC2OC(CO)C(O)C(O)C2O)C(O)C(O)C(O)C1OC1OC(CO)C(O)C(O)C1O. The quantitative estimate of drug-likeness (QED) is 0.0180. The van der Waals surface area contributed by atoms with Crippen LogP contribution in [0, 0.1) is 0 Å². The first-order valence-corrected chi connectivity index (χ1v) is 30.5. The molecule has 1 aliphatic carbocycles. The zero-order chi connectivity index (χ0) is 57.5. The van der Waals surface area contributed by atoms with Gasteiger partial charge in [0.25, 0.3) is 0 Å². The summed E-state index contributed by atoms with van der Waals surface area (Å²) in [6, 6.07) is 0. The van der Waals surface area contributed by atoms with Crippen LogP contribution < -0.4 is 0 Å². The molecule has 23 nitrogen and oxygen atoms in total. The van der Waals surface area contributed by atoms with Gasteiger partial charge in [-0.05, 0) is 38.5 Å². The summed E-state index contributed by atoms with van der Waals surface area (Å²) in [5.74, 6) is -1.33. The van der Waals surface area contributed by atoms with Crippen LogP contribution in [-0.4, -0.2) is 204 Å². The highest BCUT2D eigenvalue weighted by atomic mass is 31.2. The van der Waals surface area contributed by atoms with E-state index in [1.54, 1.807) is 0 Å². The van der Waals surface area contributed by atoms with E-state index in [0.29, 0.717) is 12.8 Å². The first-order valence-electron chi connectivity index (χ1n) is 29.0. The summed E-state index contributed by atoms with van der Waals surface area (Å²) < 4.78 is 58.1. The molecule has 12 N–H and O–H groups in total. The van der Waals surface area contributed by atoms with E-state index in [-0.39, 0.29) is 12.8 Å². The van der Waals surface area contributed by atoms with Crippen molar-refractivity contribution in [1.82, 2.24) is 0 Å². The van der Waals surface area contributed by atoms with Crippen LogP contribution in [0.1, 0.15) is 187 Å². The maximum atomic E-state index is 14.0. The molecule has 78 heavy (non-hydrogen) atoms. The molecule has 1 saturated carbocycles. The van der Waals surface area contributed by atoms with E-state index in [1.165, 1.54) is 70.6 Å². The number of carbonyl (C=O) groups is 2. The number of unbranched alkanes of at least 4 members (excludes halogenated alkanes) is 22. The summed E-state index contributed by atoms with van der Waals surface area (Å²) in [6.45, 7) is 0.983. The second-order valence-corrected chi connectivity index (χ2v) is 22.6. The normalized spacial score (nSPS) is 31.8. The van der Waals surface area contributed by atoms with Gasteiger partial charge in [0.2, 0.25) is 0 Å². The van der Waals surface area contributed by atoms with Gasteiger partial charge in [-0.25, -0.2) is 4.57 Å². The van der Waals surface area contributed by atoms with E-state index >= 15 is 0 Å². The van der Waals surface area contributed by atoms with Crippen molar-refractivity contribution in [2.75, 3.05) is 26.4 Å². The highest BCUT2D eigenvalue weighted by Gasteiger charge is 2.58. The molecule has 24 heteroatoms. The predicted molar refractivity (Wildman–Crippen MR) is 282 cm³/mol. The van der Waals surface area contributed by atoms with E-state index in [1.807, 2.05) is 0 Å². The first-order chi connectivity index (χ1) is 37.4. The third kappa shape index (κ3) is 25.4. The molecule has 2 saturated heterocycles. The number of allylic oxidation sites excluding steroid dienone is 2. The fourth-order valence-electron chi connectivity index (χ4n) is 9.70. The van der Waals surface area contributed by atoms with E-state index in [0.717, 1.165) is 77.0 Å². The number of rotatable bonds is 42. The molecule has 2 heterocycles. The minimum atomic E-state index is -5.63. The Labute approximate surface area is 461 Å². The van der Waals surface area contributed by atoms with Gasteiger partial charge in [0.15, 0.2) is 18.7 Å². The Morgan fingerprint density at radius 1 is 0.474 bits per heavy atom. The van der Waals surface area contributed by atoms with Crippen LogP contribution in [0.15, 0.2) is 12.2 Å². The molecule has 0 aromatic rings. The van der Waals surface area contributed by atoms with Crippen LogP contribution in [0.25, 0.3) is 0 Å². The Kier molecular flexibility index (Phi) is 35.8. The van der Waals surface area contributed by atoms with E-state index in [4.69, 9.17) is 37.5 Å². The number of phosphoric ester groups is 1. The van der Waals surface area contributed by atoms with Crippen LogP contribution in [0.5, 0.6) is 0 Å². The van der Waals surface area contributed by atoms with Crippen LogP contribution >= 0.6 is 7.82 Å². The Morgan fingerprint density at radius 3 is 1.27 bits per heavy atom. The fourth-order valence-corrected chi connectivity index (χ4v) is 10.7. The monoisotopic (exact) mass is 1150 g/mol. The second-order valence-electron chi connectivity index (χ2n) is 21.2. The number of carbonyl (C=O) groups excluding carboxylic acids is 2. The van der Waals surface area contributed by atoms with Gasteiger partial charge in [-0.3, -0.25) is 18.6 Å². The van der Waals surface area contributed by atoms with Crippen molar-refractivity contribution < 1.29 is 113 Å². The third-order valence-corrected chi connectivity index (χ3v) is 15.6. The molecule has 0 aromatic heterocycles. The molecule has 2 aliphatic heterocycles. The lowest BCUT2D eigenvalue weighted by molar-refractivity contribution is -0.360. The minimum absolute atomic E-state index is 0.0340.